The van der Waals surface area contributed by atoms with E-state index in [1.54, 1.807) is 48.5 Å². The molecule has 0 bridgehead atoms. The van der Waals surface area contributed by atoms with Gasteiger partial charge in [0.25, 0.3) is 5.82 Å². The first kappa shape index (κ1) is 19.2. The summed E-state index contributed by atoms with van der Waals surface area (Å²) < 4.78 is 12.5. The summed E-state index contributed by atoms with van der Waals surface area (Å²) in [5.41, 5.74) is 0.409. The van der Waals surface area contributed by atoms with Crippen LogP contribution >= 0.6 is 11.6 Å². The molecule has 28 heavy (non-hydrogen) atoms. The molecule has 9 heteroatoms. The van der Waals surface area contributed by atoms with Crippen LogP contribution in [0.15, 0.2) is 48.8 Å². The van der Waals surface area contributed by atoms with Gasteiger partial charge in [-0.25, -0.2) is 9.67 Å². The molecular formula is C19H16ClN5O3. The summed E-state index contributed by atoms with van der Waals surface area (Å²) >= 11 is 6.05. The van der Waals surface area contributed by atoms with E-state index in [1.807, 2.05) is 6.92 Å². The zero-order chi connectivity index (χ0) is 19.9. The fourth-order valence-electron chi connectivity index (χ4n) is 2.35. The highest BCUT2D eigenvalue weighted by Gasteiger charge is 2.12. The molecule has 0 saturated heterocycles. The fraction of sp³-hybridized carbons (Fsp3) is 0.158. The molecule has 2 aromatic carbocycles. The van der Waals surface area contributed by atoms with Crippen LogP contribution in [-0.4, -0.2) is 27.3 Å². The minimum atomic E-state index is -0.367. The number of anilines is 1. The lowest BCUT2D eigenvalue weighted by Gasteiger charge is -2.13. The Morgan fingerprint density at radius 3 is 2.68 bits per heavy atom. The topological polar surface area (TPSA) is 102 Å². The van der Waals surface area contributed by atoms with Crippen LogP contribution in [0.1, 0.15) is 12.7 Å². The van der Waals surface area contributed by atoms with Gasteiger partial charge in [0.15, 0.2) is 5.75 Å². The van der Waals surface area contributed by atoms with E-state index in [0.29, 0.717) is 28.8 Å². The second-order valence-corrected chi connectivity index (χ2v) is 6.01. The van der Waals surface area contributed by atoms with Crippen LogP contribution < -0.4 is 14.8 Å². The summed E-state index contributed by atoms with van der Waals surface area (Å²) in [7, 11) is 0. The van der Waals surface area contributed by atoms with Gasteiger partial charge in [-0.15, -0.1) is 5.10 Å². The van der Waals surface area contributed by atoms with Gasteiger partial charge in [0.05, 0.1) is 12.3 Å². The Hall–Kier alpha value is -3.57. The third-order valence-corrected chi connectivity index (χ3v) is 3.76. The summed E-state index contributed by atoms with van der Waals surface area (Å²) in [5.74, 6) is 1.38. The fourth-order valence-corrected chi connectivity index (χ4v) is 2.52. The van der Waals surface area contributed by atoms with Crippen LogP contribution in [0.3, 0.4) is 0 Å². The molecule has 0 unspecified atom stereocenters. The average molecular weight is 398 g/mol. The number of hydrogen-bond donors (Lipinski definition) is 1. The molecule has 8 nitrogen and oxygen atoms in total. The number of rotatable bonds is 7. The molecule has 1 aromatic heterocycles. The lowest BCUT2D eigenvalue weighted by atomic mass is 10.2. The molecule has 0 radical (unpaired) electrons. The van der Waals surface area contributed by atoms with E-state index in [0.717, 1.165) is 5.75 Å². The van der Waals surface area contributed by atoms with E-state index >= 15 is 0 Å². The van der Waals surface area contributed by atoms with E-state index in [-0.39, 0.29) is 18.3 Å². The summed E-state index contributed by atoms with van der Waals surface area (Å²) in [6.07, 6.45) is 1.31. The number of aromatic nitrogens is 3. The standard InChI is InChI=1S/C19H16ClN5O3/c1-2-27-14-4-6-15(7-5-14)28-17-8-3-13(20)9-16(17)23-19(26)11-25-12-22-18(10-21)24-25/h3-9,12H,2,11H2,1H3,(H,23,26). The summed E-state index contributed by atoms with van der Waals surface area (Å²) in [6, 6.07) is 13.9. The molecule has 0 fully saturated rings. The van der Waals surface area contributed by atoms with Gasteiger partial charge in [0, 0.05) is 5.02 Å². The third-order valence-electron chi connectivity index (χ3n) is 3.52. The van der Waals surface area contributed by atoms with Crippen molar-refractivity contribution in [3.05, 3.63) is 59.6 Å². The Bertz CT molecular complexity index is 1010. The van der Waals surface area contributed by atoms with E-state index in [1.165, 1.54) is 11.0 Å². The van der Waals surface area contributed by atoms with E-state index < -0.39 is 0 Å². The Morgan fingerprint density at radius 1 is 1.25 bits per heavy atom. The Labute approximate surface area is 166 Å². The number of ether oxygens (including phenoxy) is 2. The molecule has 1 N–H and O–H groups in total. The molecule has 0 atom stereocenters. The van der Waals surface area contributed by atoms with Crippen LogP contribution in [0.4, 0.5) is 5.69 Å². The molecule has 142 valence electrons. The van der Waals surface area contributed by atoms with Crippen molar-refractivity contribution in [3.63, 3.8) is 0 Å². The highest BCUT2D eigenvalue weighted by Crippen LogP contribution is 2.32. The number of nitrogens with one attached hydrogen (secondary N) is 1. The number of amides is 1. The summed E-state index contributed by atoms with van der Waals surface area (Å²) in [4.78, 5) is 16.1. The predicted octanol–water partition coefficient (Wildman–Crippen LogP) is 3.63. The van der Waals surface area contributed by atoms with Crippen LogP contribution in [0.5, 0.6) is 17.2 Å². The van der Waals surface area contributed by atoms with Gasteiger partial charge in [-0.1, -0.05) is 11.6 Å². The van der Waals surface area contributed by atoms with Crippen molar-refractivity contribution in [2.45, 2.75) is 13.5 Å². The van der Waals surface area contributed by atoms with Crippen molar-refractivity contribution in [3.8, 4) is 23.3 Å². The number of carbonyl (C=O) groups excluding carboxylic acids is 1. The van der Waals surface area contributed by atoms with Crippen molar-refractivity contribution in [2.24, 2.45) is 0 Å². The number of carbonyl (C=O) groups is 1. The number of hydrogen-bond acceptors (Lipinski definition) is 6. The largest absolute Gasteiger partial charge is 0.494 e. The molecule has 0 aliphatic rings. The molecule has 1 heterocycles. The Kier molecular flexibility index (Phi) is 6.09. The van der Waals surface area contributed by atoms with Gasteiger partial charge in [-0.3, -0.25) is 4.79 Å². The molecule has 0 aliphatic heterocycles. The van der Waals surface area contributed by atoms with Gasteiger partial charge >= 0.3 is 0 Å². The van der Waals surface area contributed by atoms with Crippen LogP contribution in [0.2, 0.25) is 5.02 Å². The highest BCUT2D eigenvalue weighted by molar-refractivity contribution is 6.31. The van der Waals surface area contributed by atoms with Crippen LogP contribution in [0.25, 0.3) is 0 Å². The molecule has 0 saturated carbocycles. The van der Waals surface area contributed by atoms with Crippen LogP contribution in [0, 0.1) is 11.3 Å². The second kappa shape index (κ2) is 8.88. The van der Waals surface area contributed by atoms with Gasteiger partial charge in [0.2, 0.25) is 5.91 Å². The monoisotopic (exact) mass is 397 g/mol. The molecule has 0 aliphatic carbocycles. The minimum Gasteiger partial charge on any atom is -0.494 e. The number of nitrogens with zero attached hydrogens (tertiary/aromatic N) is 4. The van der Waals surface area contributed by atoms with E-state index in [9.17, 15) is 4.79 Å². The second-order valence-electron chi connectivity index (χ2n) is 5.57. The Balaban J connectivity index is 1.72. The third kappa shape index (κ3) is 4.99. The first-order valence-corrected chi connectivity index (χ1v) is 8.75. The molecule has 1 amide bonds. The van der Waals surface area contributed by atoms with Crippen molar-refractivity contribution < 1.29 is 14.3 Å². The highest BCUT2D eigenvalue weighted by atomic mass is 35.5. The smallest absolute Gasteiger partial charge is 0.252 e. The molecular weight excluding hydrogens is 382 g/mol. The van der Waals surface area contributed by atoms with Gasteiger partial charge in [0.1, 0.15) is 30.4 Å². The first-order chi connectivity index (χ1) is 13.6. The first-order valence-electron chi connectivity index (χ1n) is 8.37. The number of halogens is 1. The lowest BCUT2D eigenvalue weighted by Crippen LogP contribution is -2.19. The minimum absolute atomic E-state index is 0.00456. The summed E-state index contributed by atoms with van der Waals surface area (Å²) in [6.45, 7) is 2.38. The summed E-state index contributed by atoms with van der Waals surface area (Å²) in [5, 5.41) is 15.8. The van der Waals surface area contributed by atoms with Crippen molar-refractivity contribution >= 4 is 23.2 Å². The maximum absolute atomic E-state index is 12.3. The zero-order valence-corrected chi connectivity index (χ0v) is 15.7. The maximum atomic E-state index is 12.3. The normalized spacial score (nSPS) is 10.2. The molecule has 3 rings (SSSR count). The van der Waals surface area contributed by atoms with E-state index in [2.05, 4.69) is 15.4 Å². The van der Waals surface area contributed by atoms with Gasteiger partial charge in [-0.05, 0) is 49.4 Å². The Morgan fingerprint density at radius 2 is 2.00 bits per heavy atom. The van der Waals surface area contributed by atoms with E-state index in [4.69, 9.17) is 26.3 Å². The SMILES string of the molecule is CCOc1ccc(Oc2ccc(Cl)cc2NC(=O)Cn2cnc(C#N)n2)cc1. The van der Waals surface area contributed by atoms with Crippen molar-refractivity contribution in [1.29, 1.82) is 5.26 Å². The van der Waals surface area contributed by atoms with Gasteiger partial charge < -0.3 is 14.8 Å². The maximum Gasteiger partial charge on any atom is 0.252 e. The van der Waals surface area contributed by atoms with Gasteiger partial charge in [-0.2, -0.15) is 5.26 Å². The van der Waals surface area contributed by atoms with Crippen LogP contribution in [-0.2, 0) is 11.3 Å². The number of nitriles is 1. The quantitative estimate of drug-likeness (QED) is 0.653. The average Bonchev–Trinajstić information content (AvgIpc) is 3.13. The molecule has 0 spiro atoms. The van der Waals surface area contributed by atoms with Crippen molar-refractivity contribution in [2.75, 3.05) is 11.9 Å². The lowest BCUT2D eigenvalue weighted by molar-refractivity contribution is -0.116. The van der Waals surface area contributed by atoms with Crippen molar-refractivity contribution in [1.82, 2.24) is 14.8 Å². The zero-order valence-electron chi connectivity index (χ0n) is 14.9. The molecule has 3 aromatic rings. The number of benzene rings is 2. The predicted molar refractivity (Wildman–Crippen MR) is 103 cm³/mol.